The Morgan fingerprint density at radius 1 is 1.08 bits per heavy atom. The summed E-state index contributed by atoms with van der Waals surface area (Å²) >= 11 is 0. The van der Waals surface area contributed by atoms with Crippen molar-refractivity contribution >= 4 is 11.9 Å². The standard InChI is InChI=1S/C19H32N4O/c1-6-20-19(22-13-12-21-18(24)14(2)3)23-16(5)15(4)17-10-8-7-9-11-17/h7-11,14-16H,6,12-13H2,1-5H3,(H,21,24)(H2,20,22,23). The van der Waals surface area contributed by atoms with E-state index in [4.69, 9.17) is 0 Å². The lowest BCUT2D eigenvalue weighted by molar-refractivity contribution is -0.123. The largest absolute Gasteiger partial charge is 0.357 e. The number of hydrogen-bond donors (Lipinski definition) is 3. The van der Waals surface area contributed by atoms with Crippen LogP contribution in [-0.4, -0.2) is 37.5 Å². The van der Waals surface area contributed by atoms with E-state index in [1.807, 2.05) is 26.8 Å². The van der Waals surface area contributed by atoms with E-state index in [9.17, 15) is 4.79 Å². The molecule has 0 saturated heterocycles. The topological polar surface area (TPSA) is 65.5 Å². The molecule has 5 heteroatoms. The first-order chi connectivity index (χ1) is 11.5. The first-order valence-electron chi connectivity index (χ1n) is 8.83. The van der Waals surface area contributed by atoms with Crippen molar-refractivity contribution in [2.45, 2.75) is 46.6 Å². The fourth-order valence-corrected chi connectivity index (χ4v) is 2.26. The minimum Gasteiger partial charge on any atom is -0.357 e. The monoisotopic (exact) mass is 332 g/mol. The second-order valence-corrected chi connectivity index (χ2v) is 6.34. The zero-order chi connectivity index (χ0) is 17.9. The molecule has 0 aliphatic heterocycles. The first kappa shape index (κ1) is 20.0. The third-order valence-corrected chi connectivity index (χ3v) is 3.99. The van der Waals surface area contributed by atoms with Crippen LogP contribution in [-0.2, 0) is 4.79 Å². The Hall–Kier alpha value is -2.04. The minimum atomic E-state index is 0.00656. The highest BCUT2D eigenvalue weighted by molar-refractivity contribution is 5.80. The lowest BCUT2D eigenvalue weighted by Gasteiger charge is -2.24. The van der Waals surface area contributed by atoms with Crippen LogP contribution < -0.4 is 16.0 Å². The van der Waals surface area contributed by atoms with Crippen molar-refractivity contribution in [2.75, 3.05) is 19.6 Å². The van der Waals surface area contributed by atoms with Crippen LogP contribution in [0.5, 0.6) is 0 Å². The van der Waals surface area contributed by atoms with Crippen molar-refractivity contribution in [3.8, 4) is 0 Å². The van der Waals surface area contributed by atoms with E-state index in [0.717, 1.165) is 12.5 Å². The van der Waals surface area contributed by atoms with E-state index in [1.165, 1.54) is 5.56 Å². The van der Waals surface area contributed by atoms with Crippen molar-refractivity contribution in [3.63, 3.8) is 0 Å². The Morgan fingerprint density at radius 2 is 1.75 bits per heavy atom. The zero-order valence-electron chi connectivity index (χ0n) is 15.6. The molecule has 0 radical (unpaired) electrons. The van der Waals surface area contributed by atoms with Gasteiger partial charge in [0, 0.05) is 31.0 Å². The van der Waals surface area contributed by atoms with Crippen LogP contribution in [0.25, 0.3) is 0 Å². The summed E-state index contributed by atoms with van der Waals surface area (Å²) in [7, 11) is 0. The number of guanidine groups is 1. The lowest BCUT2D eigenvalue weighted by atomic mass is 9.94. The summed E-state index contributed by atoms with van der Waals surface area (Å²) in [4.78, 5) is 16.1. The molecule has 0 saturated carbocycles. The molecule has 0 heterocycles. The maximum atomic E-state index is 11.5. The number of hydrogen-bond acceptors (Lipinski definition) is 2. The number of carbonyl (C=O) groups is 1. The number of carbonyl (C=O) groups excluding carboxylic acids is 1. The van der Waals surface area contributed by atoms with E-state index in [1.54, 1.807) is 0 Å². The molecule has 0 aliphatic carbocycles. The Morgan fingerprint density at radius 3 is 2.33 bits per heavy atom. The molecule has 0 aromatic heterocycles. The predicted octanol–water partition coefficient (Wildman–Crippen LogP) is 2.51. The van der Waals surface area contributed by atoms with Crippen LogP contribution in [0.1, 0.15) is 46.1 Å². The second kappa shape index (κ2) is 10.7. The molecule has 1 aromatic carbocycles. The smallest absolute Gasteiger partial charge is 0.222 e. The highest BCUT2D eigenvalue weighted by Gasteiger charge is 2.15. The average Bonchev–Trinajstić information content (AvgIpc) is 2.58. The maximum Gasteiger partial charge on any atom is 0.222 e. The summed E-state index contributed by atoms with van der Waals surface area (Å²) < 4.78 is 0. The molecule has 0 fully saturated rings. The van der Waals surface area contributed by atoms with Gasteiger partial charge in [-0.2, -0.15) is 0 Å². The van der Waals surface area contributed by atoms with Gasteiger partial charge in [-0.1, -0.05) is 51.1 Å². The van der Waals surface area contributed by atoms with Crippen LogP contribution >= 0.6 is 0 Å². The zero-order valence-corrected chi connectivity index (χ0v) is 15.6. The quantitative estimate of drug-likeness (QED) is 0.389. The maximum absolute atomic E-state index is 11.5. The van der Waals surface area contributed by atoms with Crippen LogP contribution in [0.2, 0.25) is 0 Å². The Balaban J connectivity index is 2.54. The summed E-state index contributed by atoms with van der Waals surface area (Å²) in [6, 6.07) is 10.7. The van der Waals surface area contributed by atoms with Gasteiger partial charge in [0.05, 0.1) is 6.54 Å². The van der Waals surface area contributed by atoms with Crippen LogP contribution in [0.3, 0.4) is 0 Å². The molecule has 1 aromatic rings. The molecule has 1 amide bonds. The molecule has 2 atom stereocenters. The summed E-state index contributed by atoms with van der Waals surface area (Å²) in [6.07, 6.45) is 0. The van der Waals surface area contributed by atoms with Gasteiger partial charge in [-0.15, -0.1) is 0 Å². The highest BCUT2D eigenvalue weighted by atomic mass is 16.1. The molecular formula is C19H32N4O. The van der Waals surface area contributed by atoms with Gasteiger partial charge in [0.2, 0.25) is 5.91 Å². The molecule has 3 N–H and O–H groups in total. The molecule has 24 heavy (non-hydrogen) atoms. The number of nitrogens with zero attached hydrogens (tertiary/aromatic N) is 1. The molecule has 0 spiro atoms. The van der Waals surface area contributed by atoms with Gasteiger partial charge in [0.1, 0.15) is 0 Å². The normalized spacial score (nSPS) is 14.2. The second-order valence-electron chi connectivity index (χ2n) is 6.34. The summed E-state index contributed by atoms with van der Waals surface area (Å²) in [5.74, 6) is 1.23. The van der Waals surface area contributed by atoms with Crippen LogP contribution in [0, 0.1) is 5.92 Å². The van der Waals surface area contributed by atoms with Crippen molar-refractivity contribution in [2.24, 2.45) is 10.9 Å². The Kier molecular flexibility index (Phi) is 8.90. The lowest BCUT2D eigenvalue weighted by Crippen LogP contribution is -2.44. The van der Waals surface area contributed by atoms with E-state index < -0.39 is 0 Å². The molecular weight excluding hydrogens is 300 g/mol. The third kappa shape index (κ3) is 7.02. The number of benzene rings is 1. The highest BCUT2D eigenvalue weighted by Crippen LogP contribution is 2.18. The summed E-state index contributed by atoms with van der Waals surface area (Å²) in [6.45, 7) is 12.1. The summed E-state index contributed by atoms with van der Waals surface area (Å²) in [5, 5.41) is 9.59. The number of rotatable bonds is 8. The van der Waals surface area contributed by atoms with Gasteiger partial charge in [0.25, 0.3) is 0 Å². The predicted molar refractivity (Wildman–Crippen MR) is 101 cm³/mol. The fourth-order valence-electron chi connectivity index (χ4n) is 2.26. The molecule has 1 rings (SSSR count). The van der Waals surface area contributed by atoms with Crippen molar-refractivity contribution in [3.05, 3.63) is 35.9 Å². The SMILES string of the molecule is CCNC(=NCCNC(=O)C(C)C)NC(C)C(C)c1ccccc1. The Labute approximate surface area is 146 Å². The van der Waals surface area contributed by atoms with Gasteiger partial charge >= 0.3 is 0 Å². The van der Waals surface area contributed by atoms with Gasteiger partial charge in [0.15, 0.2) is 5.96 Å². The Bertz CT molecular complexity index is 513. The average molecular weight is 332 g/mol. The van der Waals surface area contributed by atoms with E-state index in [2.05, 4.69) is 59.1 Å². The number of aliphatic imine (C=N–C) groups is 1. The van der Waals surface area contributed by atoms with E-state index >= 15 is 0 Å². The number of nitrogens with one attached hydrogen (secondary N) is 3. The van der Waals surface area contributed by atoms with E-state index in [-0.39, 0.29) is 17.9 Å². The third-order valence-electron chi connectivity index (χ3n) is 3.99. The van der Waals surface area contributed by atoms with Gasteiger partial charge in [-0.3, -0.25) is 9.79 Å². The van der Waals surface area contributed by atoms with E-state index in [0.29, 0.717) is 19.0 Å². The molecule has 0 aliphatic rings. The van der Waals surface area contributed by atoms with Crippen molar-refractivity contribution < 1.29 is 4.79 Å². The van der Waals surface area contributed by atoms with Crippen molar-refractivity contribution in [1.82, 2.24) is 16.0 Å². The van der Waals surface area contributed by atoms with Crippen molar-refractivity contribution in [1.29, 1.82) is 0 Å². The number of amides is 1. The minimum absolute atomic E-state index is 0.00656. The summed E-state index contributed by atoms with van der Waals surface area (Å²) in [5.41, 5.74) is 1.30. The first-order valence-corrected chi connectivity index (χ1v) is 8.83. The van der Waals surface area contributed by atoms with Gasteiger partial charge < -0.3 is 16.0 Å². The molecule has 2 unspecified atom stereocenters. The van der Waals surface area contributed by atoms with Gasteiger partial charge in [-0.25, -0.2) is 0 Å². The molecule has 5 nitrogen and oxygen atoms in total. The van der Waals surface area contributed by atoms with Crippen LogP contribution in [0.4, 0.5) is 0 Å². The molecule has 0 bridgehead atoms. The fraction of sp³-hybridized carbons (Fsp3) is 0.579. The van der Waals surface area contributed by atoms with Gasteiger partial charge in [-0.05, 0) is 19.4 Å². The van der Waals surface area contributed by atoms with Crippen LogP contribution in [0.15, 0.2) is 35.3 Å². The molecule has 134 valence electrons.